The predicted octanol–water partition coefficient (Wildman–Crippen LogP) is 3.58. The minimum Gasteiger partial charge on any atom is -0.493 e. The summed E-state index contributed by atoms with van der Waals surface area (Å²) < 4.78 is 24.6. The van der Waals surface area contributed by atoms with Crippen molar-refractivity contribution in [2.75, 3.05) is 27.6 Å². The first-order chi connectivity index (χ1) is 21.9. The number of rotatable bonds is 12. The molecule has 13 heteroatoms. The molecule has 4 heterocycles. The molecule has 1 aliphatic rings. The van der Waals surface area contributed by atoms with Crippen molar-refractivity contribution in [2.45, 2.75) is 36.7 Å². The molecule has 0 spiro atoms. The van der Waals surface area contributed by atoms with Gasteiger partial charge in [-0.3, -0.25) is 23.4 Å². The number of aromatic nitrogens is 4. The minimum atomic E-state index is -0.249. The van der Waals surface area contributed by atoms with Crippen LogP contribution < -0.4 is 35.4 Å². The van der Waals surface area contributed by atoms with Crippen molar-refractivity contribution in [3.63, 3.8) is 0 Å². The second kappa shape index (κ2) is 13.3. The molecule has 0 unspecified atom stereocenters. The molecule has 0 radical (unpaired) electrons. The Bertz CT molecular complexity index is 2010. The normalized spacial score (nSPS) is 12.0. The lowest BCUT2D eigenvalue weighted by atomic mass is 10.1. The Morgan fingerprint density at radius 3 is 2.64 bits per heavy atom. The molecule has 45 heavy (non-hydrogen) atoms. The summed E-state index contributed by atoms with van der Waals surface area (Å²) in [6.45, 7) is 0.806. The van der Waals surface area contributed by atoms with Gasteiger partial charge in [0.2, 0.25) is 12.7 Å². The first-order valence-corrected chi connectivity index (χ1v) is 15.3. The second-order valence-corrected chi connectivity index (χ2v) is 11.2. The molecule has 12 nitrogen and oxygen atoms in total. The molecule has 232 valence electrons. The number of pyridine rings is 1. The highest BCUT2D eigenvalue weighted by Gasteiger charge is 2.20. The van der Waals surface area contributed by atoms with E-state index in [4.69, 9.17) is 23.9 Å². The number of fused-ring (bicyclic) bond motifs is 3. The van der Waals surface area contributed by atoms with E-state index in [2.05, 4.69) is 10.3 Å². The summed E-state index contributed by atoms with van der Waals surface area (Å²) >= 11 is 1.30. The Kier molecular flexibility index (Phi) is 8.87. The minimum absolute atomic E-state index is 0.0751. The van der Waals surface area contributed by atoms with Crippen LogP contribution in [0.1, 0.15) is 24.1 Å². The van der Waals surface area contributed by atoms with Crippen LogP contribution in [-0.4, -0.2) is 52.4 Å². The molecule has 0 bridgehead atoms. The van der Waals surface area contributed by atoms with Crippen LogP contribution in [-0.2, 0) is 23.5 Å². The fraction of sp³-hybridized carbons (Fsp3) is 0.281. The third kappa shape index (κ3) is 6.58. The van der Waals surface area contributed by atoms with Gasteiger partial charge in [0.05, 0.1) is 30.8 Å². The largest absolute Gasteiger partial charge is 0.493 e. The Labute approximate surface area is 261 Å². The van der Waals surface area contributed by atoms with Crippen molar-refractivity contribution < 1.29 is 23.7 Å². The van der Waals surface area contributed by atoms with Gasteiger partial charge in [0.15, 0.2) is 28.2 Å². The Morgan fingerprint density at radius 2 is 1.82 bits per heavy atom. The number of ether oxygens (including phenoxy) is 4. The quantitative estimate of drug-likeness (QED) is 0.161. The van der Waals surface area contributed by atoms with Gasteiger partial charge >= 0.3 is 0 Å². The van der Waals surface area contributed by atoms with Gasteiger partial charge in [-0.05, 0) is 48.7 Å². The van der Waals surface area contributed by atoms with E-state index < -0.39 is 0 Å². The summed E-state index contributed by atoms with van der Waals surface area (Å²) in [4.78, 5) is 48.4. The molecule has 0 aliphatic carbocycles. The van der Waals surface area contributed by atoms with Gasteiger partial charge in [0.25, 0.3) is 11.1 Å². The van der Waals surface area contributed by atoms with E-state index in [1.807, 2.05) is 24.3 Å². The number of nitrogens with one attached hydrogen (secondary N) is 1. The maximum atomic E-state index is 13.7. The van der Waals surface area contributed by atoms with Crippen molar-refractivity contribution in [1.29, 1.82) is 0 Å². The number of methoxy groups -OCH3 is 2. The van der Waals surface area contributed by atoms with E-state index in [0.717, 1.165) is 5.56 Å². The van der Waals surface area contributed by atoms with Gasteiger partial charge in [-0.2, -0.15) is 0 Å². The zero-order chi connectivity index (χ0) is 31.3. The lowest BCUT2D eigenvalue weighted by Crippen LogP contribution is -2.27. The summed E-state index contributed by atoms with van der Waals surface area (Å²) in [6, 6.07) is 15.8. The van der Waals surface area contributed by atoms with Crippen LogP contribution in [0.5, 0.6) is 23.0 Å². The van der Waals surface area contributed by atoms with Crippen molar-refractivity contribution in [3.8, 4) is 23.0 Å². The molecular formula is C32H31N5O7S. The molecule has 3 aromatic heterocycles. The average molecular weight is 630 g/mol. The van der Waals surface area contributed by atoms with Crippen molar-refractivity contribution in [2.24, 2.45) is 0 Å². The summed E-state index contributed by atoms with van der Waals surface area (Å²) in [5.74, 6) is 2.50. The number of hydrogen-bond donors (Lipinski definition) is 1. The van der Waals surface area contributed by atoms with Gasteiger partial charge in [-0.1, -0.05) is 23.9 Å². The van der Waals surface area contributed by atoms with E-state index in [0.29, 0.717) is 75.5 Å². The van der Waals surface area contributed by atoms with Crippen LogP contribution in [0.25, 0.3) is 16.6 Å². The van der Waals surface area contributed by atoms with Crippen LogP contribution in [0.2, 0.25) is 0 Å². The molecule has 2 aromatic carbocycles. The van der Waals surface area contributed by atoms with E-state index in [9.17, 15) is 14.4 Å². The highest BCUT2D eigenvalue weighted by atomic mass is 32.2. The van der Waals surface area contributed by atoms with Crippen LogP contribution in [0, 0.1) is 0 Å². The van der Waals surface area contributed by atoms with Gasteiger partial charge in [0, 0.05) is 43.6 Å². The lowest BCUT2D eigenvalue weighted by molar-refractivity contribution is -0.121. The Morgan fingerprint density at radius 1 is 1.00 bits per heavy atom. The van der Waals surface area contributed by atoms with Gasteiger partial charge in [0.1, 0.15) is 5.65 Å². The third-order valence-electron chi connectivity index (χ3n) is 7.36. The zero-order valence-electron chi connectivity index (χ0n) is 24.8. The van der Waals surface area contributed by atoms with Gasteiger partial charge in [-0.15, -0.1) is 0 Å². The van der Waals surface area contributed by atoms with E-state index in [1.165, 1.54) is 22.2 Å². The number of carbonyl (C=O) groups is 1. The highest BCUT2D eigenvalue weighted by molar-refractivity contribution is 7.98. The molecule has 5 aromatic rings. The Hall–Kier alpha value is -5.04. The van der Waals surface area contributed by atoms with Crippen LogP contribution >= 0.6 is 11.8 Å². The summed E-state index contributed by atoms with van der Waals surface area (Å²) in [5.41, 5.74) is 2.15. The van der Waals surface area contributed by atoms with Crippen molar-refractivity contribution >= 4 is 34.2 Å². The van der Waals surface area contributed by atoms with Crippen molar-refractivity contribution in [3.05, 3.63) is 92.8 Å². The molecule has 1 aliphatic heterocycles. The molecular weight excluding hydrogens is 598 g/mol. The van der Waals surface area contributed by atoms with Crippen LogP contribution in [0.3, 0.4) is 0 Å². The number of nitrogens with zero attached hydrogens (tertiary/aromatic N) is 4. The number of amides is 1. The number of benzene rings is 2. The van der Waals surface area contributed by atoms with E-state index >= 15 is 0 Å². The van der Waals surface area contributed by atoms with E-state index in [1.54, 1.807) is 49.2 Å². The number of thioether (sulfide) groups is 1. The maximum absolute atomic E-state index is 13.7. The average Bonchev–Trinajstić information content (AvgIpc) is 3.51. The first-order valence-electron chi connectivity index (χ1n) is 14.4. The SMILES string of the molecule is COc1ccc(CCNC(=O)CCCn2c(SCc3cc(=O)n4ccccc4n3)nc3cc4c(cc3c2=O)OCO4)cc1OC. The molecule has 0 saturated carbocycles. The number of carbonyl (C=O) groups excluding carboxylic acids is 1. The lowest BCUT2D eigenvalue weighted by Gasteiger charge is -2.14. The smallest absolute Gasteiger partial charge is 0.262 e. The third-order valence-corrected chi connectivity index (χ3v) is 8.37. The molecule has 0 fully saturated rings. The highest BCUT2D eigenvalue weighted by Crippen LogP contribution is 2.35. The predicted molar refractivity (Wildman–Crippen MR) is 169 cm³/mol. The van der Waals surface area contributed by atoms with Gasteiger partial charge < -0.3 is 24.3 Å². The second-order valence-electron chi connectivity index (χ2n) is 10.3. The maximum Gasteiger partial charge on any atom is 0.262 e. The summed E-state index contributed by atoms with van der Waals surface area (Å²) in [7, 11) is 3.17. The Balaban J connectivity index is 1.15. The monoisotopic (exact) mass is 629 g/mol. The molecule has 1 N–H and O–H groups in total. The molecule has 6 rings (SSSR count). The van der Waals surface area contributed by atoms with E-state index in [-0.39, 0.29) is 36.8 Å². The molecule has 0 saturated heterocycles. The number of hydrogen-bond acceptors (Lipinski definition) is 10. The molecule has 1 amide bonds. The molecule has 0 atom stereocenters. The summed E-state index contributed by atoms with van der Waals surface area (Å²) in [5, 5.41) is 3.80. The van der Waals surface area contributed by atoms with Crippen molar-refractivity contribution in [1.82, 2.24) is 24.3 Å². The fourth-order valence-corrected chi connectivity index (χ4v) is 6.00. The summed E-state index contributed by atoms with van der Waals surface area (Å²) in [6.07, 6.45) is 2.94. The van der Waals surface area contributed by atoms with Gasteiger partial charge in [-0.25, -0.2) is 9.97 Å². The zero-order valence-corrected chi connectivity index (χ0v) is 25.6. The fourth-order valence-electron chi connectivity index (χ4n) is 5.08. The standard InChI is InChI=1S/C32H31N5O7S/c1-41-24-9-8-20(14-25(24)42-2)10-11-33-29(38)7-5-13-37-31(40)22-16-26-27(44-19-43-26)17-23(22)35-32(37)45-18-21-15-30(39)36-12-4-3-6-28(36)34-21/h3-4,6,8-9,12,14-17H,5,7,10-11,13,18-19H2,1-2H3,(H,33,38). The van der Waals surface area contributed by atoms with Crippen LogP contribution in [0.4, 0.5) is 0 Å². The first kappa shape index (κ1) is 30.0. The topological polar surface area (TPSA) is 135 Å². The van der Waals surface area contributed by atoms with Crippen LogP contribution in [0.15, 0.2) is 75.5 Å².